The number of fused-ring (bicyclic) bond motifs is 1. The Bertz CT molecular complexity index is 538. The Hall–Kier alpha value is -1.42. The zero-order chi connectivity index (χ0) is 11.8. The minimum Gasteiger partial charge on any atom is -0.317 e. The van der Waals surface area contributed by atoms with Crippen LogP contribution in [0.25, 0.3) is 11.2 Å². The molecule has 3 rings (SSSR count). The van der Waals surface area contributed by atoms with Crippen molar-refractivity contribution in [1.82, 2.24) is 19.9 Å². The van der Waals surface area contributed by atoms with Crippen LogP contribution in [0.15, 0.2) is 12.3 Å². The van der Waals surface area contributed by atoms with Crippen LogP contribution in [0.2, 0.25) is 0 Å². The normalized spacial score (nSPS) is 17.8. The van der Waals surface area contributed by atoms with E-state index in [1.165, 1.54) is 18.4 Å². The molecule has 1 N–H and O–H groups in total. The van der Waals surface area contributed by atoms with Gasteiger partial charge in [-0.05, 0) is 50.4 Å². The second kappa shape index (κ2) is 4.11. The lowest BCUT2D eigenvalue weighted by Crippen LogP contribution is -2.26. The average molecular weight is 230 g/mol. The third-order valence-electron chi connectivity index (χ3n) is 3.79. The number of piperidine rings is 1. The van der Waals surface area contributed by atoms with Crippen LogP contribution in [-0.2, 0) is 7.05 Å². The van der Waals surface area contributed by atoms with Crippen molar-refractivity contribution in [3.8, 4) is 0 Å². The molecule has 0 saturated carbocycles. The van der Waals surface area contributed by atoms with Crippen LogP contribution in [0.3, 0.4) is 0 Å². The van der Waals surface area contributed by atoms with E-state index in [1.807, 2.05) is 20.2 Å². The van der Waals surface area contributed by atoms with Gasteiger partial charge in [0, 0.05) is 13.2 Å². The number of nitrogens with zero attached hydrogens (tertiary/aromatic N) is 3. The lowest BCUT2D eigenvalue weighted by molar-refractivity contribution is 0.462. The van der Waals surface area contributed by atoms with Crippen LogP contribution < -0.4 is 5.32 Å². The molecule has 90 valence electrons. The van der Waals surface area contributed by atoms with E-state index in [0.29, 0.717) is 5.92 Å². The Morgan fingerprint density at radius 2 is 2.12 bits per heavy atom. The number of pyridine rings is 1. The zero-order valence-corrected chi connectivity index (χ0v) is 10.4. The van der Waals surface area contributed by atoms with Crippen molar-refractivity contribution in [2.45, 2.75) is 25.7 Å². The maximum absolute atomic E-state index is 4.67. The summed E-state index contributed by atoms with van der Waals surface area (Å²) in [5, 5.41) is 3.41. The molecule has 1 fully saturated rings. The quantitative estimate of drug-likeness (QED) is 0.811. The van der Waals surface area contributed by atoms with Crippen LogP contribution in [0.1, 0.15) is 30.1 Å². The lowest BCUT2D eigenvalue weighted by atomic mass is 9.90. The smallest absolute Gasteiger partial charge is 0.160 e. The van der Waals surface area contributed by atoms with Gasteiger partial charge >= 0.3 is 0 Å². The molecular weight excluding hydrogens is 212 g/mol. The van der Waals surface area contributed by atoms with Gasteiger partial charge in [-0.1, -0.05) is 0 Å². The maximum Gasteiger partial charge on any atom is 0.160 e. The highest BCUT2D eigenvalue weighted by Crippen LogP contribution is 2.29. The van der Waals surface area contributed by atoms with Gasteiger partial charge in [-0.15, -0.1) is 0 Å². The van der Waals surface area contributed by atoms with Gasteiger partial charge in [0.15, 0.2) is 5.65 Å². The van der Waals surface area contributed by atoms with Crippen molar-refractivity contribution in [2.75, 3.05) is 13.1 Å². The van der Waals surface area contributed by atoms with Crippen LogP contribution in [0.4, 0.5) is 0 Å². The summed E-state index contributed by atoms with van der Waals surface area (Å²) in [6.07, 6.45) is 4.32. The molecule has 17 heavy (non-hydrogen) atoms. The summed E-state index contributed by atoms with van der Waals surface area (Å²) in [5.74, 6) is 1.67. The molecule has 1 aliphatic heterocycles. The standard InChI is InChI=1S/C13H18N4/c1-9-16-12-11(10-3-6-14-7-4-10)5-8-15-13(12)17(9)2/h5,8,10,14H,3-4,6-7H2,1-2H3. The van der Waals surface area contributed by atoms with E-state index in [2.05, 4.69) is 25.9 Å². The van der Waals surface area contributed by atoms with E-state index in [4.69, 9.17) is 0 Å². The van der Waals surface area contributed by atoms with Crippen LogP contribution in [-0.4, -0.2) is 27.6 Å². The molecule has 0 unspecified atom stereocenters. The first kappa shape index (κ1) is 10.7. The number of hydrogen-bond acceptors (Lipinski definition) is 3. The Balaban J connectivity index is 2.12. The highest BCUT2D eigenvalue weighted by atomic mass is 15.1. The van der Waals surface area contributed by atoms with E-state index in [0.717, 1.165) is 30.1 Å². The van der Waals surface area contributed by atoms with E-state index >= 15 is 0 Å². The van der Waals surface area contributed by atoms with Gasteiger partial charge < -0.3 is 9.88 Å². The number of aromatic nitrogens is 3. The molecule has 2 aromatic heterocycles. The molecular formula is C13H18N4. The number of rotatable bonds is 1. The monoisotopic (exact) mass is 230 g/mol. The van der Waals surface area contributed by atoms with E-state index in [1.54, 1.807) is 0 Å². The zero-order valence-electron chi connectivity index (χ0n) is 10.4. The summed E-state index contributed by atoms with van der Waals surface area (Å²) in [6.45, 7) is 4.26. The first-order chi connectivity index (χ1) is 8.27. The van der Waals surface area contributed by atoms with Crippen molar-refractivity contribution in [3.05, 3.63) is 23.7 Å². The molecule has 2 aromatic rings. The summed E-state index contributed by atoms with van der Waals surface area (Å²) in [7, 11) is 2.03. The molecule has 0 amide bonds. The highest BCUT2D eigenvalue weighted by Gasteiger charge is 2.19. The predicted octanol–water partition coefficient (Wildman–Crippen LogP) is 1.74. The van der Waals surface area contributed by atoms with Gasteiger partial charge in [-0.2, -0.15) is 0 Å². The Morgan fingerprint density at radius 3 is 2.88 bits per heavy atom. The molecule has 1 aliphatic rings. The van der Waals surface area contributed by atoms with Gasteiger partial charge in [0.25, 0.3) is 0 Å². The van der Waals surface area contributed by atoms with E-state index in [9.17, 15) is 0 Å². The molecule has 3 heterocycles. The van der Waals surface area contributed by atoms with Crippen molar-refractivity contribution in [3.63, 3.8) is 0 Å². The van der Waals surface area contributed by atoms with Gasteiger partial charge in [0.1, 0.15) is 11.3 Å². The number of hydrogen-bond donors (Lipinski definition) is 1. The molecule has 0 atom stereocenters. The predicted molar refractivity (Wildman–Crippen MR) is 68.1 cm³/mol. The van der Waals surface area contributed by atoms with Gasteiger partial charge in [-0.25, -0.2) is 9.97 Å². The average Bonchev–Trinajstić information content (AvgIpc) is 2.67. The molecule has 4 heteroatoms. The van der Waals surface area contributed by atoms with Crippen LogP contribution in [0.5, 0.6) is 0 Å². The third-order valence-corrected chi connectivity index (χ3v) is 3.79. The fourth-order valence-corrected chi connectivity index (χ4v) is 2.67. The van der Waals surface area contributed by atoms with Crippen molar-refractivity contribution >= 4 is 11.2 Å². The van der Waals surface area contributed by atoms with E-state index in [-0.39, 0.29) is 0 Å². The minimum atomic E-state index is 0.635. The van der Waals surface area contributed by atoms with Crippen molar-refractivity contribution in [2.24, 2.45) is 7.05 Å². The topological polar surface area (TPSA) is 42.7 Å². The Labute approximate surface area is 101 Å². The summed E-state index contributed by atoms with van der Waals surface area (Å²) >= 11 is 0. The fraction of sp³-hybridized carbons (Fsp3) is 0.538. The Kier molecular flexibility index (Phi) is 2.59. The molecule has 0 bridgehead atoms. The summed E-state index contributed by atoms with van der Waals surface area (Å²) in [4.78, 5) is 9.11. The number of imidazole rings is 1. The lowest BCUT2D eigenvalue weighted by Gasteiger charge is -2.22. The van der Waals surface area contributed by atoms with Crippen molar-refractivity contribution in [1.29, 1.82) is 0 Å². The summed E-state index contributed by atoms with van der Waals surface area (Å²) < 4.78 is 2.07. The summed E-state index contributed by atoms with van der Waals surface area (Å²) in [5.41, 5.74) is 3.48. The molecule has 0 radical (unpaired) electrons. The largest absolute Gasteiger partial charge is 0.317 e. The third kappa shape index (κ3) is 1.72. The van der Waals surface area contributed by atoms with Crippen molar-refractivity contribution < 1.29 is 0 Å². The molecule has 0 spiro atoms. The Morgan fingerprint density at radius 1 is 1.35 bits per heavy atom. The molecule has 4 nitrogen and oxygen atoms in total. The van der Waals surface area contributed by atoms with Gasteiger partial charge in [0.05, 0.1) is 0 Å². The second-order valence-corrected chi connectivity index (χ2v) is 4.81. The first-order valence-corrected chi connectivity index (χ1v) is 6.26. The van der Waals surface area contributed by atoms with Crippen LogP contribution in [0, 0.1) is 6.92 Å². The fourth-order valence-electron chi connectivity index (χ4n) is 2.67. The number of nitrogens with one attached hydrogen (secondary N) is 1. The molecule has 1 saturated heterocycles. The minimum absolute atomic E-state index is 0.635. The summed E-state index contributed by atoms with van der Waals surface area (Å²) in [6, 6.07) is 2.14. The molecule has 0 aliphatic carbocycles. The highest BCUT2D eigenvalue weighted by molar-refractivity contribution is 5.76. The van der Waals surface area contributed by atoms with Gasteiger partial charge in [0.2, 0.25) is 0 Å². The van der Waals surface area contributed by atoms with Gasteiger partial charge in [-0.3, -0.25) is 0 Å². The first-order valence-electron chi connectivity index (χ1n) is 6.26. The molecule has 0 aromatic carbocycles. The SMILES string of the molecule is Cc1nc2c(C3CCNCC3)ccnc2n1C. The number of aryl methyl sites for hydroxylation is 2. The van der Waals surface area contributed by atoms with Crippen LogP contribution >= 0.6 is 0 Å². The second-order valence-electron chi connectivity index (χ2n) is 4.81. The van der Waals surface area contributed by atoms with E-state index < -0.39 is 0 Å². The maximum atomic E-state index is 4.67.